The number of carbonyl (C=O) groups excluding carboxylic acids is 2. The van der Waals surface area contributed by atoms with E-state index in [1.807, 2.05) is 4.72 Å². The van der Waals surface area contributed by atoms with Gasteiger partial charge in [-0.25, -0.2) is 21.9 Å². The Morgan fingerprint density at radius 2 is 1.74 bits per heavy atom. The first-order valence-electron chi connectivity index (χ1n) is 9.98. The van der Waals surface area contributed by atoms with E-state index in [1.165, 1.54) is 0 Å². The molecule has 2 rings (SSSR count). The maximum absolute atomic E-state index is 13.7. The van der Waals surface area contributed by atoms with Crippen LogP contribution in [0, 0.1) is 23.0 Å². The quantitative estimate of drug-likeness (QED) is 0.269. The highest BCUT2D eigenvalue weighted by atomic mass is 32.2. The molecule has 0 radical (unpaired) electrons. The summed E-state index contributed by atoms with van der Waals surface area (Å²) in [6.07, 6.45) is -2.74. The number of rotatable bonds is 11. The Balaban J connectivity index is 2.32. The Labute approximate surface area is 199 Å². The topological polar surface area (TPSA) is 195 Å². The lowest BCUT2D eigenvalue weighted by atomic mass is 9.92. The first kappa shape index (κ1) is 27.6. The van der Waals surface area contributed by atoms with Crippen LogP contribution < -0.4 is 15.4 Å². The summed E-state index contributed by atoms with van der Waals surface area (Å²) < 4.78 is 56.7. The normalized spacial score (nSPS) is 14.8. The van der Waals surface area contributed by atoms with Gasteiger partial charge in [0, 0.05) is 13.0 Å². The average Bonchev–Trinajstić information content (AvgIpc) is 3.17. The molecule has 1 heterocycles. The summed E-state index contributed by atoms with van der Waals surface area (Å²) in [7, 11) is -3.75. The van der Waals surface area contributed by atoms with Gasteiger partial charge >= 0.3 is 6.01 Å². The molecule has 0 saturated carbocycles. The van der Waals surface area contributed by atoms with Gasteiger partial charge in [0.15, 0.2) is 5.69 Å². The minimum atomic E-state index is -3.75. The van der Waals surface area contributed by atoms with Crippen LogP contribution in [0.25, 0.3) is 0 Å². The molecule has 0 saturated heterocycles. The Hall–Kier alpha value is -3.61. The minimum absolute atomic E-state index is 0.00925. The third-order valence-electron chi connectivity index (χ3n) is 4.58. The van der Waals surface area contributed by atoms with Gasteiger partial charge < -0.3 is 25.3 Å². The van der Waals surface area contributed by atoms with Crippen LogP contribution in [-0.2, 0) is 21.2 Å². The summed E-state index contributed by atoms with van der Waals surface area (Å²) >= 11 is 0. The van der Waals surface area contributed by atoms with Crippen molar-refractivity contribution in [2.24, 2.45) is 0 Å². The van der Waals surface area contributed by atoms with E-state index in [0.717, 1.165) is 31.6 Å². The Morgan fingerprint density at radius 1 is 1.14 bits per heavy atom. The second-order valence-corrected chi connectivity index (χ2v) is 9.37. The fraction of sp³-hybridized carbons (Fsp3) is 0.400. The van der Waals surface area contributed by atoms with Crippen molar-refractivity contribution in [3.63, 3.8) is 0 Å². The van der Waals surface area contributed by atoms with Crippen LogP contribution in [0.4, 0.5) is 14.8 Å². The van der Waals surface area contributed by atoms with Crippen molar-refractivity contribution in [3.8, 4) is 6.07 Å². The number of benzene rings is 1. The predicted octanol–water partition coefficient (Wildman–Crippen LogP) is -0.194. The van der Waals surface area contributed by atoms with Gasteiger partial charge in [-0.15, -0.1) is 0 Å². The van der Waals surface area contributed by atoms with Crippen LogP contribution in [0.5, 0.6) is 0 Å². The lowest BCUT2D eigenvalue weighted by Crippen LogP contribution is -2.56. The highest BCUT2D eigenvalue weighted by molar-refractivity contribution is 7.91. The summed E-state index contributed by atoms with van der Waals surface area (Å²) in [6, 6.07) is 1.12. The van der Waals surface area contributed by atoms with Crippen molar-refractivity contribution < 1.29 is 41.4 Å². The number of halogens is 2. The standard InChI is InChI=1S/C20H23F2N5O7S/c1-10(28)24-14(3-4-23)17(29)18(30)15(7-11-5-12(21)8-13(22)6-11)25-19(31)16-9-34-20(26-16)27-35(2,32)33/h5-6,8-9,14-15,17-18,29-30H,3,7H2,1-2H3,(H,24,28)(H,25,31)(H,26,27)/t14-,15+,17+,18+/m0/s1. The van der Waals surface area contributed by atoms with Crippen molar-refractivity contribution in [2.75, 3.05) is 11.0 Å². The predicted molar refractivity (Wildman–Crippen MR) is 116 cm³/mol. The number of hydrogen-bond donors (Lipinski definition) is 5. The number of sulfonamides is 1. The molecule has 2 aromatic rings. The molecule has 0 aliphatic heterocycles. The zero-order chi connectivity index (χ0) is 26.3. The van der Waals surface area contributed by atoms with E-state index in [2.05, 4.69) is 15.6 Å². The van der Waals surface area contributed by atoms with Gasteiger partial charge in [0.2, 0.25) is 15.9 Å². The molecule has 12 nitrogen and oxygen atoms in total. The molecular formula is C20H23F2N5O7S. The molecule has 15 heteroatoms. The second-order valence-electron chi connectivity index (χ2n) is 7.62. The number of amides is 2. The van der Waals surface area contributed by atoms with E-state index >= 15 is 0 Å². The number of aromatic nitrogens is 1. The summed E-state index contributed by atoms with van der Waals surface area (Å²) in [5.74, 6) is -3.43. The zero-order valence-corrected chi connectivity index (χ0v) is 19.3. The summed E-state index contributed by atoms with van der Waals surface area (Å²) in [5, 5.41) is 35.0. The van der Waals surface area contributed by atoms with Crippen LogP contribution in [0.3, 0.4) is 0 Å². The molecule has 190 valence electrons. The van der Waals surface area contributed by atoms with Crippen LogP contribution >= 0.6 is 0 Å². The lowest BCUT2D eigenvalue weighted by Gasteiger charge is -2.31. The van der Waals surface area contributed by atoms with Crippen molar-refractivity contribution >= 4 is 27.9 Å². The van der Waals surface area contributed by atoms with Crippen LogP contribution in [0.15, 0.2) is 28.9 Å². The monoisotopic (exact) mass is 515 g/mol. The van der Waals surface area contributed by atoms with Gasteiger partial charge in [-0.2, -0.15) is 10.2 Å². The number of nitrogens with zero attached hydrogens (tertiary/aromatic N) is 2. The molecule has 0 aliphatic rings. The molecule has 0 bridgehead atoms. The van der Waals surface area contributed by atoms with Crippen LogP contribution in [0.1, 0.15) is 29.4 Å². The van der Waals surface area contributed by atoms with Crippen molar-refractivity contribution in [1.82, 2.24) is 15.6 Å². The number of aliphatic hydroxyl groups is 2. The van der Waals surface area contributed by atoms with Gasteiger partial charge in [-0.1, -0.05) is 0 Å². The molecule has 0 fully saturated rings. The van der Waals surface area contributed by atoms with Gasteiger partial charge in [0.25, 0.3) is 5.91 Å². The molecule has 4 atom stereocenters. The van der Waals surface area contributed by atoms with E-state index in [-0.39, 0.29) is 12.0 Å². The fourth-order valence-electron chi connectivity index (χ4n) is 3.16. The molecule has 1 aromatic carbocycles. The highest BCUT2D eigenvalue weighted by Crippen LogP contribution is 2.17. The highest BCUT2D eigenvalue weighted by Gasteiger charge is 2.34. The summed E-state index contributed by atoms with van der Waals surface area (Å²) in [4.78, 5) is 27.8. The Bertz CT molecular complexity index is 1190. The largest absolute Gasteiger partial charge is 0.431 e. The fourth-order valence-corrected chi connectivity index (χ4v) is 3.57. The maximum atomic E-state index is 13.7. The van der Waals surface area contributed by atoms with Crippen molar-refractivity contribution in [2.45, 2.75) is 44.1 Å². The van der Waals surface area contributed by atoms with E-state index in [1.54, 1.807) is 6.07 Å². The smallest absolute Gasteiger partial charge is 0.309 e. The number of oxazole rings is 1. The Morgan fingerprint density at radius 3 is 2.29 bits per heavy atom. The number of hydrogen-bond acceptors (Lipinski definition) is 9. The Kier molecular flexibility index (Phi) is 9.23. The number of carbonyl (C=O) groups is 2. The molecule has 0 unspecified atom stereocenters. The third kappa shape index (κ3) is 8.59. The van der Waals surface area contributed by atoms with Gasteiger partial charge in [0.05, 0.1) is 30.8 Å². The maximum Gasteiger partial charge on any atom is 0.309 e. The third-order valence-corrected chi connectivity index (χ3v) is 5.12. The molecule has 0 spiro atoms. The summed E-state index contributed by atoms with van der Waals surface area (Å²) in [6.45, 7) is 1.13. The van der Waals surface area contributed by atoms with Gasteiger partial charge in [-0.05, 0) is 24.1 Å². The molecule has 2 amide bonds. The average molecular weight is 515 g/mol. The second kappa shape index (κ2) is 11.7. The number of anilines is 1. The van der Waals surface area contributed by atoms with E-state index < -0.39 is 75.9 Å². The first-order chi connectivity index (χ1) is 16.3. The van der Waals surface area contributed by atoms with Gasteiger partial charge in [0.1, 0.15) is 30.1 Å². The SMILES string of the molecule is CC(=O)N[C@@H](CC#N)[C@@H](O)[C@H](O)[C@@H](Cc1cc(F)cc(F)c1)NC(=O)c1coc(NS(C)(=O)=O)n1. The number of nitrogens with one attached hydrogen (secondary N) is 3. The van der Waals surface area contributed by atoms with E-state index in [9.17, 15) is 37.0 Å². The molecule has 35 heavy (non-hydrogen) atoms. The van der Waals surface area contributed by atoms with Crippen LogP contribution in [0.2, 0.25) is 0 Å². The van der Waals surface area contributed by atoms with Crippen LogP contribution in [-0.4, -0.2) is 66.0 Å². The molecular weight excluding hydrogens is 492 g/mol. The number of aliphatic hydroxyl groups excluding tert-OH is 2. The van der Waals surface area contributed by atoms with Crippen molar-refractivity contribution in [3.05, 3.63) is 47.4 Å². The first-order valence-corrected chi connectivity index (χ1v) is 11.9. The van der Waals surface area contributed by atoms with Crippen molar-refractivity contribution in [1.29, 1.82) is 5.26 Å². The molecule has 1 aromatic heterocycles. The zero-order valence-electron chi connectivity index (χ0n) is 18.5. The van der Waals surface area contributed by atoms with Gasteiger partial charge in [-0.3, -0.25) is 9.59 Å². The summed E-state index contributed by atoms with van der Waals surface area (Å²) in [5.41, 5.74) is -0.404. The lowest BCUT2D eigenvalue weighted by molar-refractivity contribution is -0.121. The molecule has 5 N–H and O–H groups in total. The minimum Gasteiger partial charge on any atom is -0.431 e. The number of nitriles is 1. The molecule has 0 aliphatic carbocycles. The van der Waals surface area contributed by atoms with E-state index in [0.29, 0.717) is 6.07 Å². The van der Waals surface area contributed by atoms with E-state index in [4.69, 9.17) is 9.68 Å².